The summed E-state index contributed by atoms with van der Waals surface area (Å²) in [4.78, 5) is 2.55. The molecule has 3 N–H and O–H groups in total. The van der Waals surface area contributed by atoms with E-state index in [1.807, 2.05) is 0 Å². The molecule has 3 heteroatoms. The highest BCUT2D eigenvalue weighted by molar-refractivity contribution is 4.82. The van der Waals surface area contributed by atoms with Crippen LogP contribution in [-0.4, -0.2) is 42.3 Å². The highest BCUT2D eigenvalue weighted by atomic mass is 16.3. The van der Waals surface area contributed by atoms with E-state index in [9.17, 15) is 0 Å². The van der Waals surface area contributed by atoms with Crippen LogP contribution >= 0.6 is 0 Å². The Bertz CT molecular complexity index is 181. The summed E-state index contributed by atoms with van der Waals surface area (Å²) >= 11 is 0. The van der Waals surface area contributed by atoms with Crippen LogP contribution in [0.3, 0.4) is 0 Å². The lowest BCUT2D eigenvalue weighted by Crippen LogP contribution is -2.45. The number of nitrogens with two attached hydrogens (primary N) is 1. The van der Waals surface area contributed by atoms with E-state index in [0.29, 0.717) is 18.4 Å². The van der Waals surface area contributed by atoms with Gasteiger partial charge < -0.3 is 10.8 Å². The molecule has 3 nitrogen and oxygen atoms in total. The molecule has 0 aliphatic heterocycles. The lowest BCUT2D eigenvalue weighted by atomic mass is 9.88. The second-order valence-corrected chi connectivity index (χ2v) is 5.40. The van der Waals surface area contributed by atoms with Gasteiger partial charge in [-0.3, -0.25) is 4.90 Å². The van der Waals surface area contributed by atoms with Crippen molar-refractivity contribution in [3.8, 4) is 0 Å². The lowest BCUT2D eigenvalue weighted by Gasteiger charge is -2.40. The smallest absolute Gasteiger partial charge is 0.0443 e. The molecule has 0 amide bonds. The number of aliphatic hydroxyl groups is 1. The second-order valence-electron chi connectivity index (χ2n) is 5.40. The Morgan fingerprint density at radius 2 is 2.06 bits per heavy atom. The maximum Gasteiger partial charge on any atom is 0.0443 e. The average molecular weight is 228 g/mol. The first-order valence-electron chi connectivity index (χ1n) is 6.74. The van der Waals surface area contributed by atoms with Crippen molar-refractivity contribution < 1.29 is 5.11 Å². The van der Waals surface area contributed by atoms with Crippen LogP contribution in [0.15, 0.2) is 0 Å². The Balaban J connectivity index is 2.40. The van der Waals surface area contributed by atoms with Gasteiger partial charge in [-0.1, -0.05) is 20.3 Å². The number of rotatable bonds is 8. The SMILES string of the molecule is CC(C)C(CN)CN(CCCO)C1CCC1. The molecule has 96 valence electrons. The first kappa shape index (κ1) is 13.9. The molecule has 0 heterocycles. The third-order valence-electron chi connectivity index (χ3n) is 3.91. The van der Waals surface area contributed by atoms with Crippen LogP contribution in [0.5, 0.6) is 0 Å². The molecule has 1 aliphatic carbocycles. The van der Waals surface area contributed by atoms with Gasteiger partial charge >= 0.3 is 0 Å². The molecule has 16 heavy (non-hydrogen) atoms. The molecule has 1 fully saturated rings. The molecule has 1 atom stereocenters. The molecule has 0 aromatic carbocycles. The molecular weight excluding hydrogens is 200 g/mol. The maximum atomic E-state index is 8.94. The van der Waals surface area contributed by atoms with Crippen molar-refractivity contribution in [3.05, 3.63) is 0 Å². The van der Waals surface area contributed by atoms with E-state index < -0.39 is 0 Å². The Kier molecular flexibility index (Phi) is 6.32. The molecule has 1 saturated carbocycles. The third kappa shape index (κ3) is 4.04. The minimum absolute atomic E-state index is 0.304. The van der Waals surface area contributed by atoms with Crippen molar-refractivity contribution >= 4 is 0 Å². The van der Waals surface area contributed by atoms with Crippen LogP contribution in [-0.2, 0) is 0 Å². The summed E-state index contributed by atoms with van der Waals surface area (Å²) in [6, 6.07) is 0.763. The quantitative estimate of drug-likeness (QED) is 0.661. The largest absolute Gasteiger partial charge is 0.396 e. The number of nitrogens with zero attached hydrogens (tertiary/aromatic N) is 1. The summed E-state index contributed by atoms with van der Waals surface area (Å²) in [5.41, 5.74) is 5.83. The molecule has 0 aromatic rings. The van der Waals surface area contributed by atoms with E-state index in [-0.39, 0.29) is 0 Å². The summed E-state index contributed by atoms with van der Waals surface area (Å²) < 4.78 is 0. The highest BCUT2D eigenvalue weighted by Gasteiger charge is 2.26. The van der Waals surface area contributed by atoms with E-state index in [1.165, 1.54) is 19.3 Å². The van der Waals surface area contributed by atoms with Gasteiger partial charge in [-0.15, -0.1) is 0 Å². The van der Waals surface area contributed by atoms with Crippen LogP contribution in [0.2, 0.25) is 0 Å². The van der Waals surface area contributed by atoms with Gasteiger partial charge in [-0.05, 0) is 37.6 Å². The van der Waals surface area contributed by atoms with E-state index in [0.717, 1.165) is 32.1 Å². The second kappa shape index (κ2) is 7.25. The maximum absolute atomic E-state index is 8.94. The molecule has 1 aliphatic rings. The molecule has 0 saturated heterocycles. The zero-order valence-electron chi connectivity index (χ0n) is 10.9. The van der Waals surface area contributed by atoms with E-state index in [1.54, 1.807) is 0 Å². The number of hydrogen-bond donors (Lipinski definition) is 2. The summed E-state index contributed by atoms with van der Waals surface area (Å²) in [6.45, 7) is 7.73. The minimum atomic E-state index is 0.304. The van der Waals surface area contributed by atoms with Crippen LogP contribution < -0.4 is 5.73 Å². The van der Waals surface area contributed by atoms with Crippen molar-refractivity contribution in [3.63, 3.8) is 0 Å². The van der Waals surface area contributed by atoms with Crippen molar-refractivity contribution in [2.24, 2.45) is 17.6 Å². The normalized spacial score (nSPS) is 19.1. The lowest BCUT2D eigenvalue weighted by molar-refractivity contribution is 0.0901. The molecular formula is C13H28N2O. The fourth-order valence-electron chi connectivity index (χ4n) is 2.31. The van der Waals surface area contributed by atoms with Gasteiger partial charge in [-0.2, -0.15) is 0 Å². The van der Waals surface area contributed by atoms with Gasteiger partial charge in [0.15, 0.2) is 0 Å². The van der Waals surface area contributed by atoms with Crippen LogP contribution in [0.1, 0.15) is 39.5 Å². The standard InChI is InChI=1S/C13H28N2O/c1-11(2)12(9-14)10-15(7-4-8-16)13-5-3-6-13/h11-13,16H,3-10,14H2,1-2H3. The summed E-state index contributed by atoms with van der Waals surface area (Å²) in [5.74, 6) is 1.25. The fourth-order valence-corrected chi connectivity index (χ4v) is 2.31. The van der Waals surface area contributed by atoms with Crippen molar-refractivity contribution in [2.75, 3.05) is 26.2 Å². The molecule has 1 rings (SSSR count). The molecule has 0 radical (unpaired) electrons. The van der Waals surface area contributed by atoms with Crippen molar-refractivity contribution in [1.82, 2.24) is 4.90 Å². The monoisotopic (exact) mass is 228 g/mol. The highest BCUT2D eigenvalue weighted by Crippen LogP contribution is 2.26. The predicted octanol–water partition coefficient (Wildman–Crippen LogP) is 1.45. The van der Waals surface area contributed by atoms with Gasteiger partial charge in [-0.25, -0.2) is 0 Å². The Labute approximate surface area is 100 Å². The minimum Gasteiger partial charge on any atom is -0.396 e. The van der Waals surface area contributed by atoms with Gasteiger partial charge in [0.1, 0.15) is 0 Å². The molecule has 0 bridgehead atoms. The first-order chi connectivity index (χ1) is 7.69. The third-order valence-corrected chi connectivity index (χ3v) is 3.91. The zero-order valence-corrected chi connectivity index (χ0v) is 10.9. The van der Waals surface area contributed by atoms with Crippen molar-refractivity contribution in [2.45, 2.75) is 45.6 Å². The zero-order chi connectivity index (χ0) is 12.0. The van der Waals surface area contributed by atoms with Gasteiger partial charge in [0, 0.05) is 25.7 Å². The van der Waals surface area contributed by atoms with Gasteiger partial charge in [0.05, 0.1) is 0 Å². The van der Waals surface area contributed by atoms with Crippen LogP contribution in [0, 0.1) is 11.8 Å². The fraction of sp³-hybridized carbons (Fsp3) is 1.00. The van der Waals surface area contributed by atoms with E-state index in [2.05, 4.69) is 18.7 Å². The van der Waals surface area contributed by atoms with E-state index in [4.69, 9.17) is 10.8 Å². The average Bonchev–Trinajstić information content (AvgIpc) is 2.18. The molecule has 0 spiro atoms. The topological polar surface area (TPSA) is 49.5 Å². The van der Waals surface area contributed by atoms with Crippen molar-refractivity contribution in [1.29, 1.82) is 0 Å². The Morgan fingerprint density at radius 1 is 1.38 bits per heavy atom. The van der Waals surface area contributed by atoms with Gasteiger partial charge in [0.25, 0.3) is 0 Å². The molecule has 0 aromatic heterocycles. The number of aliphatic hydroxyl groups excluding tert-OH is 1. The first-order valence-corrected chi connectivity index (χ1v) is 6.74. The van der Waals surface area contributed by atoms with Gasteiger partial charge in [0.2, 0.25) is 0 Å². The predicted molar refractivity (Wildman–Crippen MR) is 68.3 cm³/mol. The summed E-state index contributed by atoms with van der Waals surface area (Å²) in [7, 11) is 0. The Hall–Kier alpha value is -0.120. The van der Waals surface area contributed by atoms with Crippen LogP contribution in [0.4, 0.5) is 0 Å². The summed E-state index contributed by atoms with van der Waals surface area (Å²) in [6.07, 6.45) is 4.93. The molecule has 1 unspecified atom stereocenters. The van der Waals surface area contributed by atoms with E-state index >= 15 is 0 Å². The summed E-state index contributed by atoms with van der Waals surface area (Å²) in [5, 5.41) is 8.94. The van der Waals surface area contributed by atoms with Crippen LogP contribution in [0.25, 0.3) is 0 Å². The number of hydrogen-bond acceptors (Lipinski definition) is 3. The Morgan fingerprint density at radius 3 is 2.44 bits per heavy atom.